The summed E-state index contributed by atoms with van der Waals surface area (Å²) in [5, 5.41) is 14.4. The van der Waals surface area contributed by atoms with E-state index in [0.717, 1.165) is 0 Å². The number of hydrogen-bond donors (Lipinski definition) is 3. The molecule has 7 heteroatoms. The highest BCUT2D eigenvalue weighted by Gasteiger charge is 2.29. The Balaban J connectivity index is 1.36. The summed E-state index contributed by atoms with van der Waals surface area (Å²) in [7, 11) is 0. The third-order valence-corrected chi connectivity index (χ3v) is 6.22. The molecule has 1 aliphatic rings. The van der Waals surface area contributed by atoms with E-state index in [2.05, 4.69) is 34.9 Å². The van der Waals surface area contributed by atoms with Crippen LogP contribution >= 0.6 is 0 Å². The van der Waals surface area contributed by atoms with E-state index in [0.29, 0.717) is 32.2 Å². The fraction of sp³-hybridized carbons (Fsp3) is 0.444. The monoisotopic (exact) mass is 466 g/mol. The highest BCUT2D eigenvalue weighted by Crippen LogP contribution is 2.44. The molecule has 2 aromatic carbocycles. The van der Waals surface area contributed by atoms with E-state index in [9.17, 15) is 14.4 Å². The third-order valence-electron chi connectivity index (χ3n) is 6.22. The lowest BCUT2D eigenvalue weighted by Gasteiger charge is -2.17. The Morgan fingerprint density at radius 3 is 2.21 bits per heavy atom. The van der Waals surface area contributed by atoms with Crippen LogP contribution in [0.3, 0.4) is 0 Å². The van der Waals surface area contributed by atoms with Gasteiger partial charge in [0.25, 0.3) is 0 Å². The van der Waals surface area contributed by atoms with E-state index in [1.807, 2.05) is 38.1 Å². The highest BCUT2D eigenvalue weighted by molar-refractivity contribution is 5.79. The minimum absolute atomic E-state index is 0.0262. The van der Waals surface area contributed by atoms with Crippen LogP contribution in [0.15, 0.2) is 48.5 Å². The Hall–Kier alpha value is -3.35. The number of carboxylic acid groups (broad SMARTS) is 1. The Morgan fingerprint density at radius 1 is 0.971 bits per heavy atom. The van der Waals surface area contributed by atoms with Crippen molar-refractivity contribution in [3.63, 3.8) is 0 Å². The molecule has 0 spiro atoms. The molecule has 0 aliphatic heterocycles. The first kappa shape index (κ1) is 25.3. The maximum Gasteiger partial charge on any atom is 0.407 e. The van der Waals surface area contributed by atoms with Gasteiger partial charge in [0.1, 0.15) is 6.61 Å². The van der Waals surface area contributed by atoms with Crippen molar-refractivity contribution < 1.29 is 24.2 Å². The summed E-state index contributed by atoms with van der Waals surface area (Å²) >= 11 is 0. The predicted octanol–water partition coefficient (Wildman–Crippen LogP) is 4.70. The average molecular weight is 467 g/mol. The smallest absolute Gasteiger partial charge is 0.407 e. The molecule has 0 heterocycles. The van der Waals surface area contributed by atoms with Crippen molar-refractivity contribution in [1.29, 1.82) is 0 Å². The molecule has 0 saturated heterocycles. The van der Waals surface area contributed by atoms with E-state index in [4.69, 9.17) is 9.84 Å². The molecule has 0 saturated carbocycles. The van der Waals surface area contributed by atoms with E-state index >= 15 is 0 Å². The second-order valence-corrected chi connectivity index (χ2v) is 9.10. The van der Waals surface area contributed by atoms with Gasteiger partial charge in [-0.25, -0.2) is 4.79 Å². The van der Waals surface area contributed by atoms with Gasteiger partial charge in [-0.05, 0) is 54.4 Å². The number of fused-ring (bicyclic) bond motifs is 3. The van der Waals surface area contributed by atoms with Crippen LogP contribution in [0.25, 0.3) is 11.1 Å². The van der Waals surface area contributed by atoms with Gasteiger partial charge < -0.3 is 20.5 Å². The lowest BCUT2D eigenvalue weighted by Crippen LogP contribution is -2.34. The third kappa shape index (κ3) is 7.07. The number of amides is 2. The van der Waals surface area contributed by atoms with Crippen LogP contribution < -0.4 is 10.6 Å². The number of ether oxygens (including phenoxy) is 1. The SMILES string of the molecule is CC(CCNC(=O)OCC1c2ccccc2-c2ccccc21)CC(=O)NC(C)CCCC(=O)O. The average Bonchev–Trinajstić information content (AvgIpc) is 3.11. The van der Waals surface area contributed by atoms with Crippen LogP contribution in [0.2, 0.25) is 0 Å². The highest BCUT2D eigenvalue weighted by atomic mass is 16.5. The van der Waals surface area contributed by atoms with Gasteiger partial charge in [0, 0.05) is 31.3 Å². The van der Waals surface area contributed by atoms with Gasteiger partial charge in [-0.3, -0.25) is 9.59 Å². The Morgan fingerprint density at radius 2 is 1.59 bits per heavy atom. The van der Waals surface area contributed by atoms with Gasteiger partial charge in [0.15, 0.2) is 0 Å². The number of carbonyl (C=O) groups excluding carboxylic acids is 2. The first-order valence-corrected chi connectivity index (χ1v) is 11.9. The first-order chi connectivity index (χ1) is 16.3. The summed E-state index contributed by atoms with van der Waals surface area (Å²) in [5.41, 5.74) is 4.73. The first-order valence-electron chi connectivity index (χ1n) is 11.9. The van der Waals surface area contributed by atoms with Gasteiger partial charge in [-0.2, -0.15) is 0 Å². The number of alkyl carbamates (subject to hydrolysis) is 1. The molecule has 3 N–H and O–H groups in total. The number of hydrogen-bond acceptors (Lipinski definition) is 4. The summed E-state index contributed by atoms with van der Waals surface area (Å²) < 4.78 is 5.54. The molecular formula is C27H34N2O5. The van der Waals surface area contributed by atoms with Crippen LogP contribution in [-0.4, -0.2) is 42.3 Å². The Bertz CT molecular complexity index is 961. The van der Waals surface area contributed by atoms with Crippen LogP contribution in [0.1, 0.15) is 63.0 Å². The number of carboxylic acids is 1. The number of benzene rings is 2. The molecule has 2 unspecified atom stereocenters. The lowest BCUT2D eigenvalue weighted by molar-refractivity contribution is -0.137. The van der Waals surface area contributed by atoms with Crippen molar-refractivity contribution in [1.82, 2.24) is 10.6 Å². The molecule has 0 fully saturated rings. The van der Waals surface area contributed by atoms with Crippen molar-refractivity contribution >= 4 is 18.0 Å². The number of nitrogens with one attached hydrogen (secondary N) is 2. The van der Waals surface area contributed by atoms with Crippen molar-refractivity contribution in [2.75, 3.05) is 13.2 Å². The normalized spacial score (nSPS) is 13.9. The van der Waals surface area contributed by atoms with E-state index < -0.39 is 12.1 Å². The summed E-state index contributed by atoms with van der Waals surface area (Å²) in [6.45, 7) is 4.55. The van der Waals surface area contributed by atoms with Crippen molar-refractivity contribution in [3.05, 3.63) is 59.7 Å². The van der Waals surface area contributed by atoms with E-state index in [1.165, 1.54) is 22.3 Å². The molecule has 182 valence electrons. The van der Waals surface area contributed by atoms with Gasteiger partial charge in [0.2, 0.25) is 5.91 Å². The molecule has 2 aromatic rings. The van der Waals surface area contributed by atoms with Crippen LogP contribution in [0, 0.1) is 5.92 Å². The molecule has 2 amide bonds. The van der Waals surface area contributed by atoms with Gasteiger partial charge in [-0.1, -0.05) is 55.5 Å². The second-order valence-electron chi connectivity index (χ2n) is 9.10. The fourth-order valence-corrected chi connectivity index (χ4v) is 4.45. The quantitative estimate of drug-likeness (QED) is 0.421. The van der Waals surface area contributed by atoms with Crippen molar-refractivity contribution in [2.45, 2.75) is 57.9 Å². The second kappa shape index (κ2) is 12.2. The topological polar surface area (TPSA) is 105 Å². The Labute approximate surface area is 200 Å². The Kier molecular flexibility index (Phi) is 9.08. The molecule has 2 atom stereocenters. The zero-order chi connectivity index (χ0) is 24.5. The molecule has 0 radical (unpaired) electrons. The number of aliphatic carboxylic acids is 1. The zero-order valence-corrected chi connectivity index (χ0v) is 19.9. The van der Waals surface area contributed by atoms with Crippen LogP contribution in [0.4, 0.5) is 4.79 Å². The summed E-state index contributed by atoms with van der Waals surface area (Å²) in [6.07, 6.45) is 1.84. The van der Waals surface area contributed by atoms with E-state index in [1.54, 1.807) is 0 Å². The number of carbonyl (C=O) groups is 3. The standard InChI is InChI=1S/C27H34N2O5/c1-18(16-25(30)29-19(2)8-7-13-26(31)32)14-15-28-27(33)34-17-24-22-11-5-3-9-20(22)21-10-4-6-12-23(21)24/h3-6,9-12,18-19,24H,7-8,13-17H2,1-2H3,(H,28,33)(H,29,30)(H,31,32). The maximum atomic E-state index is 12.3. The molecule has 7 nitrogen and oxygen atoms in total. The molecule has 3 rings (SSSR count). The van der Waals surface area contributed by atoms with Gasteiger partial charge in [0.05, 0.1) is 0 Å². The minimum atomic E-state index is -0.823. The molecular weight excluding hydrogens is 432 g/mol. The van der Waals surface area contributed by atoms with E-state index in [-0.39, 0.29) is 36.8 Å². The number of rotatable bonds is 12. The zero-order valence-electron chi connectivity index (χ0n) is 19.9. The summed E-state index contributed by atoms with van der Waals surface area (Å²) in [6, 6.07) is 16.4. The van der Waals surface area contributed by atoms with Crippen LogP contribution in [0.5, 0.6) is 0 Å². The van der Waals surface area contributed by atoms with Crippen molar-refractivity contribution in [2.24, 2.45) is 5.92 Å². The molecule has 0 aromatic heterocycles. The molecule has 1 aliphatic carbocycles. The van der Waals surface area contributed by atoms with Crippen LogP contribution in [-0.2, 0) is 14.3 Å². The largest absolute Gasteiger partial charge is 0.481 e. The van der Waals surface area contributed by atoms with Gasteiger partial charge >= 0.3 is 12.1 Å². The summed E-state index contributed by atoms with van der Waals surface area (Å²) in [5.74, 6) is -0.758. The molecule has 34 heavy (non-hydrogen) atoms. The minimum Gasteiger partial charge on any atom is -0.481 e. The van der Waals surface area contributed by atoms with Gasteiger partial charge in [-0.15, -0.1) is 0 Å². The molecule has 0 bridgehead atoms. The fourth-order valence-electron chi connectivity index (χ4n) is 4.45. The van der Waals surface area contributed by atoms with Crippen molar-refractivity contribution in [3.8, 4) is 11.1 Å². The summed E-state index contributed by atoms with van der Waals surface area (Å²) in [4.78, 5) is 35.0. The predicted molar refractivity (Wildman–Crippen MR) is 131 cm³/mol. The lowest BCUT2D eigenvalue weighted by atomic mass is 9.98. The maximum absolute atomic E-state index is 12.3.